The van der Waals surface area contributed by atoms with Crippen LogP contribution in [0.3, 0.4) is 0 Å². The normalized spacial score (nSPS) is 16.1. The van der Waals surface area contributed by atoms with Crippen molar-refractivity contribution in [2.24, 2.45) is 0 Å². The van der Waals surface area contributed by atoms with Gasteiger partial charge in [0.15, 0.2) is 5.78 Å². The molecule has 0 heterocycles. The van der Waals surface area contributed by atoms with Gasteiger partial charge in [-0.25, -0.2) is 4.39 Å². The van der Waals surface area contributed by atoms with E-state index in [4.69, 9.17) is 0 Å². The predicted molar refractivity (Wildman–Crippen MR) is 57.8 cm³/mol. The van der Waals surface area contributed by atoms with Crippen molar-refractivity contribution in [3.8, 4) is 0 Å². The van der Waals surface area contributed by atoms with Gasteiger partial charge in [0.2, 0.25) is 0 Å². The summed E-state index contributed by atoms with van der Waals surface area (Å²) >= 11 is 0. The summed E-state index contributed by atoms with van der Waals surface area (Å²) in [6.07, 6.45) is 3.43. The summed E-state index contributed by atoms with van der Waals surface area (Å²) in [5.74, 6) is -0.108. The summed E-state index contributed by atoms with van der Waals surface area (Å²) in [7, 11) is 0. The summed E-state index contributed by atoms with van der Waals surface area (Å²) in [5.41, 5.74) is 2.88. The topological polar surface area (TPSA) is 17.1 Å². The fourth-order valence-electron chi connectivity index (χ4n) is 2.35. The lowest BCUT2D eigenvalue weighted by atomic mass is 9.94. The van der Waals surface area contributed by atoms with Gasteiger partial charge in [-0.1, -0.05) is 6.07 Å². The molecule has 0 N–H and O–H groups in total. The fraction of sp³-hybridized carbons (Fsp3) is 0.462. The van der Waals surface area contributed by atoms with Crippen molar-refractivity contribution < 1.29 is 9.18 Å². The SMILES string of the molecule is Cc1cc2c(c(C)c1F)C(=O)CCCC2. The van der Waals surface area contributed by atoms with Gasteiger partial charge in [-0.3, -0.25) is 4.79 Å². The third-order valence-electron chi connectivity index (χ3n) is 3.14. The Balaban J connectivity index is 2.66. The zero-order valence-corrected chi connectivity index (χ0v) is 9.19. The molecule has 15 heavy (non-hydrogen) atoms. The molecular formula is C13H15FO. The van der Waals surface area contributed by atoms with Gasteiger partial charge in [-0.2, -0.15) is 0 Å². The molecule has 1 aliphatic rings. The van der Waals surface area contributed by atoms with E-state index in [1.807, 2.05) is 6.07 Å². The Bertz CT molecular complexity index is 421. The second-order valence-electron chi connectivity index (χ2n) is 4.30. The Morgan fingerprint density at radius 3 is 2.60 bits per heavy atom. The molecule has 0 spiro atoms. The molecule has 2 heteroatoms. The fourth-order valence-corrected chi connectivity index (χ4v) is 2.35. The Morgan fingerprint density at radius 1 is 1.20 bits per heavy atom. The van der Waals surface area contributed by atoms with Gasteiger partial charge < -0.3 is 0 Å². The third-order valence-corrected chi connectivity index (χ3v) is 3.14. The molecule has 0 aliphatic heterocycles. The molecule has 0 fully saturated rings. The first-order chi connectivity index (χ1) is 7.11. The van der Waals surface area contributed by atoms with Gasteiger partial charge in [0.1, 0.15) is 5.82 Å². The summed E-state index contributed by atoms with van der Waals surface area (Å²) < 4.78 is 13.7. The molecule has 80 valence electrons. The molecule has 1 aliphatic carbocycles. The van der Waals surface area contributed by atoms with Crippen molar-refractivity contribution in [2.75, 3.05) is 0 Å². The van der Waals surface area contributed by atoms with Crippen LogP contribution in [0.4, 0.5) is 4.39 Å². The Morgan fingerprint density at radius 2 is 1.87 bits per heavy atom. The van der Waals surface area contributed by atoms with Crippen molar-refractivity contribution in [1.82, 2.24) is 0 Å². The predicted octanol–water partition coefficient (Wildman–Crippen LogP) is 3.35. The van der Waals surface area contributed by atoms with Crippen LogP contribution in [0, 0.1) is 19.7 Å². The number of fused-ring (bicyclic) bond motifs is 1. The van der Waals surface area contributed by atoms with Crippen LogP contribution < -0.4 is 0 Å². The van der Waals surface area contributed by atoms with Gasteiger partial charge >= 0.3 is 0 Å². The molecule has 1 aromatic carbocycles. The Labute approximate surface area is 89.3 Å². The van der Waals surface area contributed by atoms with Crippen LogP contribution in [0.1, 0.15) is 46.3 Å². The quantitative estimate of drug-likeness (QED) is 0.595. The average molecular weight is 206 g/mol. The number of carbonyl (C=O) groups is 1. The van der Waals surface area contributed by atoms with Crippen LogP contribution >= 0.6 is 0 Å². The van der Waals surface area contributed by atoms with E-state index in [2.05, 4.69) is 0 Å². The van der Waals surface area contributed by atoms with E-state index in [9.17, 15) is 9.18 Å². The lowest BCUT2D eigenvalue weighted by molar-refractivity contribution is 0.0981. The molecule has 2 rings (SSSR count). The molecule has 0 saturated heterocycles. The van der Waals surface area contributed by atoms with Crippen LogP contribution in [0.2, 0.25) is 0 Å². The number of halogens is 1. The minimum atomic E-state index is -0.219. The van der Waals surface area contributed by atoms with Crippen LogP contribution in [-0.4, -0.2) is 5.78 Å². The van der Waals surface area contributed by atoms with Crippen LogP contribution in [0.25, 0.3) is 0 Å². The highest BCUT2D eigenvalue weighted by molar-refractivity contribution is 5.99. The first-order valence-corrected chi connectivity index (χ1v) is 5.43. The highest BCUT2D eigenvalue weighted by atomic mass is 19.1. The van der Waals surface area contributed by atoms with E-state index in [0.717, 1.165) is 24.8 Å². The van der Waals surface area contributed by atoms with Crippen LogP contribution in [0.5, 0.6) is 0 Å². The monoisotopic (exact) mass is 206 g/mol. The largest absolute Gasteiger partial charge is 0.294 e. The van der Waals surface area contributed by atoms with Crippen molar-refractivity contribution in [3.05, 3.63) is 34.1 Å². The third kappa shape index (κ3) is 1.69. The van der Waals surface area contributed by atoms with E-state index in [0.29, 0.717) is 23.1 Å². The number of carbonyl (C=O) groups excluding carboxylic acids is 1. The minimum absolute atomic E-state index is 0.110. The molecule has 1 aromatic rings. The first-order valence-electron chi connectivity index (χ1n) is 5.43. The number of Topliss-reactive ketones (excluding diaryl/α,β-unsaturated/α-hetero) is 1. The minimum Gasteiger partial charge on any atom is -0.294 e. The van der Waals surface area contributed by atoms with Gasteiger partial charge in [0.25, 0.3) is 0 Å². The first kappa shape index (κ1) is 10.3. The number of hydrogen-bond donors (Lipinski definition) is 0. The maximum Gasteiger partial charge on any atom is 0.163 e. The second-order valence-corrected chi connectivity index (χ2v) is 4.30. The zero-order valence-electron chi connectivity index (χ0n) is 9.19. The molecule has 0 atom stereocenters. The summed E-state index contributed by atoms with van der Waals surface area (Å²) in [5, 5.41) is 0. The highest BCUT2D eigenvalue weighted by Gasteiger charge is 2.20. The van der Waals surface area contributed by atoms with Crippen molar-refractivity contribution in [3.63, 3.8) is 0 Å². The maximum absolute atomic E-state index is 13.7. The van der Waals surface area contributed by atoms with Crippen LogP contribution in [0.15, 0.2) is 6.07 Å². The average Bonchev–Trinajstić information content (AvgIpc) is 2.37. The lowest BCUT2D eigenvalue weighted by Crippen LogP contribution is -2.06. The van der Waals surface area contributed by atoms with E-state index in [-0.39, 0.29) is 11.6 Å². The van der Waals surface area contributed by atoms with Crippen LogP contribution in [-0.2, 0) is 6.42 Å². The molecule has 0 aromatic heterocycles. The van der Waals surface area contributed by atoms with Gasteiger partial charge in [-0.15, -0.1) is 0 Å². The lowest BCUT2D eigenvalue weighted by Gasteiger charge is -2.11. The second kappa shape index (κ2) is 3.76. The smallest absolute Gasteiger partial charge is 0.163 e. The summed E-state index contributed by atoms with van der Waals surface area (Å²) in [4.78, 5) is 11.8. The molecule has 0 unspecified atom stereocenters. The van der Waals surface area contributed by atoms with Gasteiger partial charge in [0.05, 0.1) is 0 Å². The molecule has 0 bridgehead atoms. The Kier molecular flexibility index (Phi) is 2.59. The van der Waals surface area contributed by atoms with E-state index in [1.54, 1.807) is 13.8 Å². The van der Waals surface area contributed by atoms with E-state index in [1.165, 1.54) is 0 Å². The molecule has 0 saturated carbocycles. The molecule has 0 amide bonds. The van der Waals surface area contributed by atoms with Gasteiger partial charge in [0, 0.05) is 12.0 Å². The Hall–Kier alpha value is -1.18. The van der Waals surface area contributed by atoms with Crippen molar-refractivity contribution in [2.45, 2.75) is 39.5 Å². The number of ketones is 1. The van der Waals surface area contributed by atoms with E-state index >= 15 is 0 Å². The van der Waals surface area contributed by atoms with Crippen molar-refractivity contribution in [1.29, 1.82) is 0 Å². The standard InChI is InChI=1S/C13H15FO/c1-8-7-10-5-3-4-6-11(15)12(10)9(2)13(8)14/h7H,3-6H2,1-2H3. The van der Waals surface area contributed by atoms with E-state index < -0.39 is 0 Å². The number of aryl methyl sites for hydroxylation is 2. The number of hydrogen-bond acceptors (Lipinski definition) is 1. The number of rotatable bonds is 0. The molecular weight excluding hydrogens is 191 g/mol. The summed E-state index contributed by atoms with van der Waals surface area (Å²) in [6.45, 7) is 3.47. The zero-order chi connectivity index (χ0) is 11.0. The number of benzene rings is 1. The summed E-state index contributed by atoms with van der Waals surface area (Å²) in [6, 6.07) is 1.83. The molecule has 1 nitrogen and oxygen atoms in total. The van der Waals surface area contributed by atoms with Crippen molar-refractivity contribution >= 4 is 5.78 Å². The highest BCUT2D eigenvalue weighted by Crippen LogP contribution is 2.27. The maximum atomic E-state index is 13.7. The van der Waals surface area contributed by atoms with Gasteiger partial charge in [-0.05, 0) is 49.8 Å². The molecule has 0 radical (unpaired) electrons.